The molecule has 4 aromatic rings. The van der Waals surface area contributed by atoms with Gasteiger partial charge in [0, 0.05) is 16.3 Å². The molecule has 1 unspecified atom stereocenters. The molecule has 1 N–H and O–H groups in total. The first kappa shape index (κ1) is 31.6. The third kappa shape index (κ3) is 6.77. The van der Waals surface area contributed by atoms with Gasteiger partial charge >= 0.3 is 5.91 Å². The normalized spacial score (nSPS) is 16.0. The van der Waals surface area contributed by atoms with Crippen molar-refractivity contribution >= 4 is 57.3 Å². The number of amides is 1. The minimum Gasteiger partial charge on any atom is -0.507 e. The van der Waals surface area contributed by atoms with Crippen molar-refractivity contribution in [1.82, 2.24) is 10.2 Å². The molecule has 1 atom stereocenters. The summed E-state index contributed by atoms with van der Waals surface area (Å²) >= 11 is 8.95. The molecule has 3 aromatic carbocycles. The lowest BCUT2D eigenvalue weighted by Gasteiger charge is -2.23. The van der Waals surface area contributed by atoms with Gasteiger partial charge in [0.2, 0.25) is 5.13 Å². The summed E-state index contributed by atoms with van der Waals surface area (Å²) in [7, 11) is 0. The van der Waals surface area contributed by atoms with Gasteiger partial charge in [0.25, 0.3) is 5.78 Å². The second-order valence-electron chi connectivity index (χ2n) is 10.1. The van der Waals surface area contributed by atoms with Crippen molar-refractivity contribution in [2.24, 2.45) is 0 Å². The van der Waals surface area contributed by atoms with Gasteiger partial charge in [-0.25, -0.2) is 0 Å². The van der Waals surface area contributed by atoms with Crippen LogP contribution in [0.3, 0.4) is 0 Å². The number of anilines is 1. The number of aliphatic hydroxyl groups is 1. The second kappa shape index (κ2) is 14.3. The molecule has 44 heavy (non-hydrogen) atoms. The van der Waals surface area contributed by atoms with E-state index in [0.29, 0.717) is 51.0 Å². The molecule has 0 radical (unpaired) electrons. The molecule has 1 amide bonds. The first-order valence-electron chi connectivity index (χ1n) is 14.3. The molecule has 0 spiro atoms. The molecule has 1 aliphatic heterocycles. The number of hydrogen-bond donors (Lipinski definition) is 1. The van der Waals surface area contributed by atoms with Crippen LogP contribution in [0.2, 0.25) is 5.02 Å². The van der Waals surface area contributed by atoms with Gasteiger partial charge in [0.1, 0.15) is 5.76 Å². The average molecular weight is 650 g/mol. The minimum atomic E-state index is -0.977. The van der Waals surface area contributed by atoms with E-state index >= 15 is 0 Å². The van der Waals surface area contributed by atoms with Gasteiger partial charge in [-0.2, -0.15) is 0 Å². The summed E-state index contributed by atoms with van der Waals surface area (Å²) in [5.74, 6) is -0.279. The molecule has 1 aromatic heterocycles. The van der Waals surface area contributed by atoms with Gasteiger partial charge in [0.05, 0.1) is 24.8 Å². The second-order valence-corrected chi connectivity index (χ2v) is 12.7. The molecule has 1 saturated heterocycles. The maximum absolute atomic E-state index is 13.7. The van der Waals surface area contributed by atoms with Crippen molar-refractivity contribution in [1.29, 1.82) is 0 Å². The van der Waals surface area contributed by atoms with Gasteiger partial charge in [-0.15, -0.1) is 10.2 Å². The van der Waals surface area contributed by atoms with Gasteiger partial charge in [-0.05, 0) is 49.6 Å². The van der Waals surface area contributed by atoms with E-state index in [4.69, 9.17) is 21.1 Å². The maximum Gasteiger partial charge on any atom is 0.301 e. The minimum absolute atomic E-state index is 0.0403. The third-order valence-corrected chi connectivity index (χ3v) is 9.49. The fourth-order valence-electron chi connectivity index (χ4n) is 4.73. The molecule has 0 aliphatic carbocycles. The highest BCUT2D eigenvalue weighted by Gasteiger charge is 2.48. The third-order valence-electron chi connectivity index (χ3n) is 7.02. The van der Waals surface area contributed by atoms with Crippen molar-refractivity contribution in [3.05, 3.63) is 99.6 Å². The topological polar surface area (TPSA) is 102 Å². The zero-order valence-corrected chi connectivity index (χ0v) is 27.0. The standard InChI is InChI=1S/C33H32ClN3O5S2/c1-4-6-17-42-25-16-15-22(18-26(25)41-5-2)28-27(29(38)21-13-11-20(3)12-14-21)30(39)31(40)37(28)32-35-36-33(44-32)43-19-23-9-7-8-10-24(23)34/h7-16,18,28,38H,4-6,17,19H2,1-3H3/b29-27+. The number of ketones is 1. The lowest BCUT2D eigenvalue weighted by Crippen LogP contribution is -2.29. The van der Waals surface area contributed by atoms with Crippen LogP contribution in [0.25, 0.3) is 5.76 Å². The number of nitrogens with zero attached hydrogens (tertiary/aromatic N) is 3. The zero-order valence-electron chi connectivity index (χ0n) is 24.6. The molecule has 8 nitrogen and oxygen atoms in total. The number of hydrogen-bond acceptors (Lipinski definition) is 9. The van der Waals surface area contributed by atoms with Crippen LogP contribution >= 0.6 is 34.7 Å². The summed E-state index contributed by atoms with van der Waals surface area (Å²) in [6.45, 7) is 6.80. The van der Waals surface area contributed by atoms with Crippen LogP contribution < -0.4 is 14.4 Å². The SMILES string of the molecule is CCCCOc1ccc(C2/C(=C(\O)c3ccc(C)cc3)C(=O)C(=O)N2c2nnc(SCc3ccccc3Cl)s2)cc1OCC. The number of ether oxygens (including phenoxy) is 2. The Morgan fingerprint density at radius 3 is 2.52 bits per heavy atom. The van der Waals surface area contributed by atoms with Crippen molar-refractivity contribution < 1.29 is 24.2 Å². The molecule has 0 bridgehead atoms. The lowest BCUT2D eigenvalue weighted by atomic mass is 9.95. The molecule has 228 valence electrons. The van der Waals surface area contributed by atoms with E-state index < -0.39 is 17.7 Å². The number of aromatic nitrogens is 2. The van der Waals surface area contributed by atoms with Crippen LogP contribution in [0, 0.1) is 6.92 Å². The van der Waals surface area contributed by atoms with Gasteiger partial charge < -0.3 is 14.6 Å². The first-order valence-corrected chi connectivity index (χ1v) is 16.5. The summed E-state index contributed by atoms with van der Waals surface area (Å²) in [5, 5.41) is 21.0. The Hall–Kier alpha value is -3.86. The quantitative estimate of drug-likeness (QED) is 0.0411. The number of Topliss-reactive ketones (excluding diaryl/α,β-unsaturated/α-hetero) is 1. The predicted octanol–water partition coefficient (Wildman–Crippen LogP) is 8.00. The number of carbonyl (C=O) groups excluding carboxylic acids is 2. The summed E-state index contributed by atoms with van der Waals surface area (Å²) in [6, 6.07) is 19.0. The molecule has 0 saturated carbocycles. The Morgan fingerprint density at radius 2 is 1.80 bits per heavy atom. The fraction of sp³-hybridized carbons (Fsp3) is 0.273. The van der Waals surface area contributed by atoms with E-state index in [2.05, 4.69) is 17.1 Å². The number of rotatable bonds is 12. The Labute approximate surface area is 269 Å². The Bertz CT molecular complexity index is 1690. The van der Waals surface area contributed by atoms with E-state index in [0.717, 1.165) is 24.0 Å². The van der Waals surface area contributed by atoms with Gasteiger partial charge in [0.15, 0.2) is 15.8 Å². The largest absolute Gasteiger partial charge is 0.507 e. The molecule has 1 aliphatic rings. The monoisotopic (exact) mass is 649 g/mol. The van der Waals surface area contributed by atoms with Gasteiger partial charge in [-0.3, -0.25) is 14.5 Å². The molecule has 1 fully saturated rings. The van der Waals surface area contributed by atoms with Crippen LogP contribution in [0.4, 0.5) is 5.13 Å². The summed E-state index contributed by atoms with van der Waals surface area (Å²) < 4.78 is 12.5. The number of unbranched alkanes of at least 4 members (excludes halogenated alkanes) is 1. The molecule has 5 rings (SSSR count). The Morgan fingerprint density at radius 1 is 1.02 bits per heavy atom. The number of benzene rings is 3. The summed E-state index contributed by atoms with van der Waals surface area (Å²) in [5.41, 5.74) is 2.89. The van der Waals surface area contributed by atoms with Crippen molar-refractivity contribution in [3.63, 3.8) is 0 Å². The summed E-state index contributed by atoms with van der Waals surface area (Å²) in [6.07, 6.45) is 1.87. The zero-order chi connectivity index (χ0) is 31.2. The number of halogens is 1. The maximum atomic E-state index is 13.7. The van der Waals surface area contributed by atoms with E-state index in [9.17, 15) is 14.7 Å². The van der Waals surface area contributed by atoms with E-state index in [-0.39, 0.29) is 16.5 Å². The predicted molar refractivity (Wildman–Crippen MR) is 175 cm³/mol. The first-order chi connectivity index (χ1) is 21.3. The van der Waals surface area contributed by atoms with Gasteiger partial charge in [-0.1, -0.05) is 102 Å². The highest BCUT2D eigenvalue weighted by atomic mass is 35.5. The molecular formula is C33H32ClN3O5S2. The highest BCUT2D eigenvalue weighted by molar-refractivity contribution is 8.00. The van der Waals surface area contributed by atoms with Crippen LogP contribution in [0.1, 0.15) is 55.0 Å². The van der Waals surface area contributed by atoms with Crippen molar-refractivity contribution in [2.75, 3.05) is 18.1 Å². The van der Waals surface area contributed by atoms with Crippen molar-refractivity contribution in [3.8, 4) is 11.5 Å². The molecular weight excluding hydrogens is 618 g/mol. The summed E-state index contributed by atoms with van der Waals surface area (Å²) in [4.78, 5) is 28.6. The smallest absolute Gasteiger partial charge is 0.301 e. The number of aryl methyl sites for hydroxylation is 1. The van der Waals surface area contributed by atoms with E-state index in [1.165, 1.54) is 28.0 Å². The van der Waals surface area contributed by atoms with Crippen LogP contribution in [0.15, 0.2) is 76.6 Å². The van der Waals surface area contributed by atoms with E-state index in [1.54, 1.807) is 30.3 Å². The Balaban J connectivity index is 1.57. The number of aliphatic hydroxyl groups excluding tert-OH is 1. The Kier molecular flexibility index (Phi) is 10.2. The van der Waals surface area contributed by atoms with Crippen LogP contribution in [-0.4, -0.2) is 40.2 Å². The molecule has 11 heteroatoms. The van der Waals surface area contributed by atoms with Crippen LogP contribution in [-0.2, 0) is 15.3 Å². The van der Waals surface area contributed by atoms with E-state index in [1.807, 2.05) is 50.2 Å². The number of carbonyl (C=O) groups is 2. The average Bonchev–Trinajstić information content (AvgIpc) is 3.59. The number of thioether (sulfide) groups is 1. The molecule has 2 heterocycles. The van der Waals surface area contributed by atoms with Crippen LogP contribution in [0.5, 0.6) is 11.5 Å². The fourth-order valence-corrected chi connectivity index (χ4v) is 6.89. The lowest BCUT2D eigenvalue weighted by molar-refractivity contribution is -0.132. The van der Waals surface area contributed by atoms with Crippen molar-refractivity contribution in [2.45, 2.75) is 49.7 Å². The highest BCUT2D eigenvalue weighted by Crippen LogP contribution is 2.45.